The van der Waals surface area contributed by atoms with Gasteiger partial charge in [-0.25, -0.2) is 4.98 Å². The number of amides is 1. The van der Waals surface area contributed by atoms with Gasteiger partial charge < -0.3 is 9.55 Å². The minimum absolute atomic E-state index is 0.313. The van der Waals surface area contributed by atoms with Crippen molar-refractivity contribution in [3.63, 3.8) is 0 Å². The maximum absolute atomic E-state index is 12.6. The first-order valence-electron chi connectivity index (χ1n) is 7.62. The van der Waals surface area contributed by atoms with Crippen LogP contribution in [0.3, 0.4) is 0 Å². The van der Waals surface area contributed by atoms with Gasteiger partial charge in [-0.05, 0) is 18.2 Å². The molecule has 0 atom stereocenters. The second-order valence-electron chi connectivity index (χ2n) is 5.59. The van der Waals surface area contributed by atoms with E-state index in [1.54, 1.807) is 12.1 Å². The van der Waals surface area contributed by atoms with Crippen molar-refractivity contribution in [1.29, 1.82) is 0 Å². The minimum Gasteiger partial charge on any atom is -0.349 e. The molecule has 0 saturated carbocycles. The lowest BCUT2D eigenvalue weighted by Gasteiger charge is -2.05. The van der Waals surface area contributed by atoms with Crippen LogP contribution >= 0.6 is 11.3 Å². The molecule has 0 aliphatic heterocycles. The number of hydrogen-bond acceptors (Lipinski definition) is 4. The van der Waals surface area contributed by atoms with Gasteiger partial charge in [0.25, 0.3) is 5.91 Å². The fourth-order valence-corrected chi connectivity index (χ4v) is 3.43. The molecular weight excluding hydrogens is 336 g/mol. The van der Waals surface area contributed by atoms with Gasteiger partial charge >= 0.3 is 0 Å². The summed E-state index contributed by atoms with van der Waals surface area (Å²) in [6.07, 6.45) is 1.94. The van der Waals surface area contributed by atoms with E-state index in [1.807, 2.05) is 47.5 Å². The van der Waals surface area contributed by atoms with Crippen molar-refractivity contribution in [2.24, 2.45) is 7.05 Å². The summed E-state index contributed by atoms with van der Waals surface area (Å²) < 4.78 is 1.96. The van der Waals surface area contributed by atoms with E-state index in [0.717, 1.165) is 11.4 Å². The smallest absolute Gasteiger partial charge is 0.258 e. The third kappa shape index (κ3) is 2.85. The van der Waals surface area contributed by atoms with Crippen LogP contribution in [0.1, 0.15) is 10.4 Å². The van der Waals surface area contributed by atoms with E-state index in [0.29, 0.717) is 21.6 Å². The van der Waals surface area contributed by atoms with Crippen molar-refractivity contribution in [3.05, 3.63) is 70.0 Å². The molecule has 2 N–H and O–H groups in total. The lowest BCUT2D eigenvalue weighted by Crippen LogP contribution is -2.16. The standard InChI is InChI=1S/C18H14N4O2S/c1-22-8-4-7-15(22)14-10-25-18(20-14)21-17(24)12-9-16(23)19-13-6-3-2-5-11(12)13/h2-10H,1H3,(H,19,23)(H,20,21,24). The molecule has 0 aliphatic carbocycles. The van der Waals surface area contributed by atoms with Crippen LogP contribution in [0.5, 0.6) is 0 Å². The largest absolute Gasteiger partial charge is 0.349 e. The molecule has 0 saturated heterocycles. The Balaban J connectivity index is 1.66. The molecule has 0 spiro atoms. The van der Waals surface area contributed by atoms with Crippen molar-refractivity contribution < 1.29 is 4.79 Å². The summed E-state index contributed by atoms with van der Waals surface area (Å²) in [5, 5.41) is 5.86. The van der Waals surface area contributed by atoms with Gasteiger partial charge in [0.15, 0.2) is 5.13 Å². The van der Waals surface area contributed by atoms with Gasteiger partial charge in [0.2, 0.25) is 5.56 Å². The SMILES string of the molecule is Cn1cccc1-c1csc(NC(=O)c2cc(=O)[nH]c3ccccc23)n1. The van der Waals surface area contributed by atoms with Crippen molar-refractivity contribution in [1.82, 2.24) is 14.5 Å². The predicted octanol–water partition coefficient (Wildman–Crippen LogP) is 3.24. The van der Waals surface area contributed by atoms with E-state index >= 15 is 0 Å². The highest BCUT2D eigenvalue weighted by Crippen LogP contribution is 2.25. The molecule has 25 heavy (non-hydrogen) atoms. The van der Waals surface area contributed by atoms with E-state index < -0.39 is 0 Å². The number of thiazole rings is 1. The number of aromatic nitrogens is 3. The average molecular weight is 350 g/mol. The van der Waals surface area contributed by atoms with Crippen molar-refractivity contribution in [2.75, 3.05) is 5.32 Å². The molecule has 4 aromatic rings. The number of nitrogens with one attached hydrogen (secondary N) is 2. The molecule has 0 fully saturated rings. The number of anilines is 1. The van der Waals surface area contributed by atoms with E-state index in [2.05, 4.69) is 15.3 Å². The average Bonchev–Trinajstić information content (AvgIpc) is 3.22. The summed E-state index contributed by atoms with van der Waals surface area (Å²) in [4.78, 5) is 31.6. The van der Waals surface area contributed by atoms with Gasteiger partial charge in [-0.3, -0.25) is 14.9 Å². The van der Waals surface area contributed by atoms with Gasteiger partial charge in [-0.2, -0.15) is 0 Å². The molecule has 0 bridgehead atoms. The van der Waals surface area contributed by atoms with Crippen LogP contribution in [-0.4, -0.2) is 20.4 Å². The maximum atomic E-state index is 12.6. The Kier molecular flexibility index (Phi) is 3.70. The number of benzene rings is 1. The number of H-pyrrole nitrogens is 1. The molecular formula is C18H14N4O2S. The van der Waals surface area contributed by atoms with E-state index in [-0.39, 0.29) is 11.5 Å². The summed E-state index contributed by atoms with van der Waals surface area (Å²) >= 11 is 1.35. The highest BCUT2D eigenvalue weighted by molar-refractivity contribution is 7.14. The van der Waals surface area contributed by atoms with Crippen LogP contribution < -0.4 is 10.9 Å². The summed E-state index contributed by atoms with van der Waals surface area (Å²) in [5.41, 5.74) is 2.41. The van der Waals surface area contributed by atoms with Crippen LogP contribution in [0.4, 0.5) is 5.13 Å². The van der Waals surface area contributed by atoms with Crippen molar-refractivity contribution in [2.45, 2.75) is 0 Å². The number of rotatable bonds is 3. The van der Waals surface area contributed by atoms with Gasteiger partial charge in [0.05, 0.1) is 17.0 Å². The Morgan fingerprint density at radius 3 is 2.88 bits per heavy atom. The number of carbonyl (C=O) groups excluding carboxylic acids is 1. The number of aromatic amines is 1. The van der Waals surface area contributed by atoms with Gasteiger partial charge in [0, 0.05) is 35.6 Å². The quantitative estimate of drug-likeness (QED) is 0.595. The molecule has 6 nitrogen and oxygen atoms in total. The third-order valence-corrected chi connectivity index (χ3v) is 4.68. The van der Waals surface area contributed by atoms with Gasteiger partial charge in [0.1, 0.15) is 0 Å². The highest BCUT2D eigenvalue weighted by Gasteiger charge is 2.14. The zero-order valence-corrected chi connectivity index (χ0v) is 14.1. The Labute approximate surface area is 146 Å². The fraction of sp³-hybridized carbons (Fsp3) is 0.0556. The Morgan fingerprint density at radius 1 is 1.24 bits per heavy atom. The summed E-state index contributed by atoms with van der Waals surface area (Å²) in [6.45, 7) is 0. The second kappa shape index (κ2) is 6.03. The van der Waals surface area contributed by atoms with Crippen LogP contribution in [0.25, 0.3) is 22.3 Å². The Bertz CT molecular complexity index is 1140. The summed E-state index contributed by atoms with van der Waals surface area (Å²) in [7, 11) is 1.94. The number of nitrogens with zero attached hydrogens (tertiary/aromatic N) is 2. The molecule has 4 rings (SSSR count). The normalized spacial score (nSPS) is 10.9. The van der Waals surface area contributed by atoms with Crippen molar-refractivity contribution in [3.8, 4) is 11.4 Å². The molecule has 1 aromatic carbocycles. The first kappa shape index (κ1) is 15.3. The fourth-order valence-electron chi connectivity index (χ4n) is 2.73. The number of fused-ring (bicyclic) bond motifs is 1. The van der Waals surface area contributed by atoms with Gasteiger partial charge in [-0.1, -0.05) is 18.2 Å². The maximum Gasteiger partial charge on any atom is 0.258 e. The van der Waals surface area contributed by atoms with Crippen LogP contribution in [0, 0.1) is 0 Å². The van der Waals surface area contributed by atoms with Crippen LogP contribution in [0.15, 0.2) is 58.8 Å². The highest BCUT2D eigenvalue weighted by atomic mass is 32.1. The Morgan fingerprint density at radius 2 is 2.08 bits per heavy atom. The number of hydrogen-bond donors (Lipinski definition) is 2. The predicted molar refractivity (Wildman–Crippen MR) is 99.0 cm³/mol. The number of para-hydroxylation sites is 1. The van der Waals surface area contributed by atoms with Crippen LogP contribution in [0.2, 0.25) is 0 Å². The lowest BCUT2D eigenvalue weighted by atomic mass is 10.1. The molecule has 3 heterocycles. The first-order valence-corrected chi connectivity index (χ1v) is 8.50. The molecule has 1 amide bonds. The van der Waals surface area contributed by atoms with E-state index in [9.17, 15) is 9.59 Å². The minimum atomic E-state index is -0.352. The molecule has 124 valence electrons. The third-order valence-electron chi connectivity index (χ3n) is 3.93. The summed E-state index contributed by atoms with van der Waals surface area (Å²) in [5.74, 6) is -0.352. The Hall–Kier alpha value is -3.19. The first-order chi connectivity index (χ1) is 12.1. The number of pyridine rings is 1. The monoisotopic (exact) mass is 350 g/mol. The second-order valence-corrected chi connectivity index (χ2v) is 6.45. The van der Waals surface area contributed by atoms with E-state index in [1.165, 1.54) is 17.4 Å². The molecule has 0 aliphatic rings. The van der Waals surface area contributed by atoms with E-state index in [4.69, 9.17) is 0 Å². The molecule has 0 unspecified atom stereocenters. The van der Waals surface area contributed by atoms with Crippen molar-refractivity contribution >= 4 is 33.3 Å². The molecule has 0 radical (unpaired) electrons. The number of aryl methyl sites for hydroxylation is 1. The van der Waals surface area contributed by atoms with Crippen LogP contribution in [-0.2, 0) is 7.05 Å². The molecule has 3 aromatic heterocycles. The summed E-state index contributed by atoms with van der Waals surface area (Å²) in [6, 6.07) is 12.4. The lowest BCUT2D eigenvalue weighted by molar-refractivity contribution is 0.102. The molecule has 7 heteroatoms. The topological polar surface area (TPSA) is 79.8 Å². The zero-order valence-electron chi connectivity index (χ0n) is 13.3. The zero-order chi connectivity index (χ0) is 17.4. The number of carbonyl (C=O) groups is 1. The van der Waals surface area contributed by atoms with Gasteiger partial charge in [-0.15, -0.1) is 11.3 Å².